The van der Waals surface area contributed by atoms with Gasteiger partial charge in [-0.05, 0) is 30.7 Å². The number of hydrazine groups is 1. The molecule has 1 heterocycles. The number of hydrogen-bond acceptors (Lipinski definition) is 2. The van der Waals surface area contributed by atoms with Crippen LogP contribution in [0, 0.1) is 5.92 Å². The average Bonchev–Trinajstić information content (AvgIpc) is 2.66. The number of nitrogens with zero attached hydrogens (tertiary/aromatic N) is 2. The van der Waals surface area contributed by atoms with Gasteiger partial charge in [0.25, 0.3) is 11.8 Å². The van der Waals surface area contributed by atoms with Crippen molar-refractivity contribution in [1.82, 2.24) is 0 Å². The summed E-state index contributed by atoms with van der Waals surface area (Å²) in [6, 6.07) is 18.6. The van der Waals surface area contributed by atoms with Gasteiger partial charge in [0, 0.05) is 5.57 Å². The van der Waals surface area contributed by atoms with Crippen LogP contribution in [0.2, 0.25) is 0 Å². The van der Waals surface area contributed by atoms with Crippen molar-refractivity contribution in [1.29, 1.82) is 0 Å². The van der Waals surface area contributed by atoms with Crippen molar-refractivity contribution in [3.8, 4) is 0 Å². The number of para-hydroxylation sites is 2. The summed E-state index contributed by atoms with van der Waals surface area (Å²) in [5, 5.41) is 2.97. The summed E-state index contributed by atoms with van der Waals surface area (Å²) in [5.74, 6) is -0.651. The Kier molecular flexibility index (Phi) is 3.50. The summed E-state index contributed by atoms with van der Waals surface area (Å²) in [5.41, 5.74) is 1.92. The van der Waals surface area contributed by atoms with E-state index in [1.165, 1.54) is 10.0 Å². The quantitative estimate of drug-likeness (QED) is 0.851. The minimum atomic E-state index is -0.414. The topological polar surface area (TPSA) is 40.6 Å². The van der Waals surface area contributed by atoms with E-state index in [2.05, 4.69) is 0 Å². The van der Waals surface area contributed by atoms with Gasteiger partial charge in [0.15, 0.2) is 0 Å². The van der Waals surface area contributed by atoms with Gasteiger partial charge in [-0.2, -0.15) is 0 Å². The Morgan fingerprint density at radius 2 is 1.38 bits per heavy atom. The van der Waals surface area contributed by atoms with Gasteiger partial charge in [-0.25, -0.2) is 10.0 Å². The van der Waals surface area contributed by atoms with Crippen LogP contribution in [0.4, 0.5) is 11.4 Å². The molecule has 2 amide bonds. The Balaban J connectivity index is 1.88. The molecule has 4 heteroatoms. The van der Waals surface area contributed by atoms with E-state index >= 15 is 0 Å². The minimum absolute atomic E-state index is 0.0831. The zero-order valence-corrected chi connectivity index (χ0v) is 13.0. The van der Waals surface area contributed by atoms with E-state index in [0.29, 0.717) is 23.4 Å². The van der Waals surface area contributed by atoms with E-state index in [9.17, 15) is 9.59 Å². The standard InChI is InChI=1S/C20H16N2O2/c23-19-17-13-7-8-14-18(17)20(24)22(16-11-5-2-6-12-16)21(19)15-9-3-1-4-10-15/h1-13,18H,14H2. The van der Waals surface area contributed by atoms with Crippen LogP contribution in [0.5, 0.6) is 0 Å². The van der Waals surface area contributed by atoms with Gasteiger partial charge in [0.1, 0.15) is 0 Å². The van der Waals surface area contributed by atoms with E-state index in [1.807, 2.05) is 72.8 Å². The zero-order valence-electron chi connectivity index (χ0n) is 13.0. The third kappa shape index (κ3) is 2.24. The van der Waals surface area contributed by atoms with Crippen molar-refractivity contribution < 1.29 is 9.59 Å². The maximum absolute atomic E-state index is 13.1. The van der Waals surface area contributed by atoms with E-state index in [1.54, 1.807) is 6.08 Å². The smallest absolute Gasteiger partial charge is 0.272 e. The van der Waals surface area contributed by atoms with Crippen molar-refractivity contribution in [2.45, 2.75) is 6.42 Å². The molecule has 1 aliphatic carbocycles. The number of fused-ring (bicyclic) bond motifs is 1. The first-order chi connectivity index (χ1) is 11.8. The molecule has 2 aromatic rings. The largest absolute Gasteiger partial charge is 0.274 e. The summed E-state index contributed by atoms with van der Waals surface area (Å²) < 4.78 is 0. The molecule has 0 bridgehead atoms. The van der Waals surface area contributed by atoms with Gasteiger partial charge in [-0.1, -0.05) is 54.6 Å². The van der Waals surface area contributed by atoms with Gasteiger partial charge < -0.3 is 0 Å². The molecule has 0 spiro atoms. The highest BCUT2D eigenvalue weighted by molar-refractivity contribution is 6.20. The Hall–Kier alpha value is -3.14. The average molecular weight is 316 g/mol. The molecule has 1 atom stereocenters. The number of hydrogen-bond donors (Lipinski definition) is 0. The molecule has 1 unspecified atom stereocenters. The van der Waals surface area contributed by atoms with Crippen molar-refractivity contribution in [2.24, 2.45) is 5.92 Å². The van der Waals surface area contributed by atoms with E-state index in [0.717, 1.165) is 0 Å². The summed E-state index contributed by atoms with van der Waals surface area (Å²) in [7, 11) is 0. The molecule has 4 rings (SSSR count). The summed E-state index contributed by atoms with van der Waals surface area (Å²) >= 11 is 0. The minimum Gasteiger partial charge on any atom is -0.272 e. The van der Waals surface area contributed by atoms with Crippen LogP contribution < -0.4 is 10.0 Å². The van der Waals surface area contributed by atoms with E-state index in [-0.39, 0.29) is 11.8 Å². The van der Waals surface area contributed by atoms with E-state index in [4.69, 9.17) is 0 Å². The van der Waals surface area contributed by atoms with Gasteiger partial charge in [0.05, 0.1) is 17.3 Å². The predicted octanol–water partition coefficient (Wildman–Crippen LogP) is 3.48. The van der Waals surface area contributed by atoms with Crippen molar-refractivity contribution in [2.75, 3.05) is 10.0 Å². The molecular formula is C20H16N2O2. The van der Waals surface area contributed by atoms with Crippen molar-refractivity contribution in [3.63, 3.8) is 0 Å². The number of carbonyl (C=O) groups excluding carboxylic acids is 2. The first-order valence-electron chi connectivity index (χ1n) is 7.92. The number of rotatable bonds is 2. The maximum Gasteiger partial charge on any atom is 0.274 e. The van der Waals surface area contributed by atoms with Gasteiger partial charge in [-0.15, -0.1) is 0 Å². The van der Waals surface area contributed by atoms with Crippen molar-refractivity contribution >= 4 is 23.2 Å². The van der Waals surface area contributed by atoms with Crippen LogP contribution in [0.15, 0.2) is 84.5 Å². The lowest BCUT2D eigenvalue weighted by Crippen LogP contribution is -2.59. The molecule has 1 saturated heterocycles. The highest BCUT2D eigenvalue weighted by atomic mass is 16.2. The number of carbonyl (C=O) groups is 2. The second kappa shape index (κ2) is 5.81. The first-order valence-corrected chi connectivity index (χ1v) is 7.92. The predicted molar refractivity (Wildman–Crippen MR) is 93.2 cm³/mol. The van der Waals surface area contributed by atoms with Crippen LogP contribution in [0.25, 0.3) is 0 Å². The van der Waals surface area contributed by atoms with Gasteiger partial charge in [-0.3, -0.25) is 9.59 Å². The second-order valence-corrected chi connectivity index (χ2v) is 5.78. The van der Waals surface area contributed by atoms with Gasteiger partial charge in [0.2, 0.25) is 0 Å². The fraction of sp³-hybridized carbons (Fsp3) is 0.100. The highest BCUT2D eigenvalue weighted by Crippen LogP contribution is 2.36. The fourth-order valence-electron chi connectivity index (χ4n) is 3.16. The lowest BCUT2D eigenvalue weighted by molar-refractivity contribution is -0.128. The summed E-state index contributed by atoms with van der Waals surface area (Å²) in [4.78, 5) is 26.3. The van der Waals surface area contributed by atoms with Gasteiger partial charge >= 0.3 is 0 Å². The van der Waals surface area contributed by atoms with Crippen LogP contribution in [0.3, 0.4) is 0 Å². The molecule has 118 valence electrons. The molecule has 1 fully saturated rings. The molecule has 24 heavy (non-hydrogen) atoms. The highest BCUT2D eigenvalue weighted by Gasteiger charge is 2.44. The molecule has 0 N–H and O–H groups in total. The molecule has 2 aliphatic rings. The lowest BCUT2D eigenvalue weighted by Gasteiger charge is -2.42. The molecule has 0 saturated carbocycles. The second-order valence-electron chi connectivity index (χ2n) is 5.78. The molecule has 1 aliphatic heterocycles. The normalized spacial score (nSPS) is 20.0. The molecular weight excluding hydrogens is 300 g/mol. The van der Waals surface area contributed by atoms with Crippen LogP contribution in [-0.4, -0.2) is 11.8 Å². The Morgan fingerprint density at radius 1 is 0.792 bits per heavy atom. The maximum atomic E-state index is 13.1. The monoisotopic (exact) mass is 316 g/mol. The SMILES string of the molecule is O=C1C2=CC=CCC2C(=O)N(c2ccccc2)N1c1ccccc1. The zero-order chi connectivity index (χ0) is 16.5. The fourth-order valence-corrected chi connectivity index (χ4v) is 3.16. The molecule has 0 aromatic heterocycles. The van der Waals surface area contributed by atoms with E-state index < -0.39 is 5.92 Å². The van der Waals surface area contributed by atoms with Crippen LogP contribution in [0.1, 0.15) is 6.42 Å². The van der Waals surface area contributed by atoms with Crippen LogP contribution >= 0.6 is 0 Å². The lowest BCUT2D eigenvalue weighted by atomic mass is 9.87. The summed E-state index contributed by atoms with van der Waals surface area (Å²) in [6.07, 6.45) is 6.09. The number of allylic oxidation sites excluding steroid dienone is 3. The molecule has 0 radical (unpaired) electrons. The van der Waals surface area contributed by atoms with Crippen LogP contribution in [-0.2, 0) is 9.59 Å². The third-order valence-corrected chi connectivity index (χ3v) is 4.31. The Labute approximate surface area is 140 Å². The number of amides is 2. The number of anilines is 2. The Bertz CT molecular complexity index is 840. The number of benzene rings is 2. The molecule has 2 aromatic carbocycles. The van der Waals surface area contributed by atoms with Crippen molar-refractivity contribution in [3.05, 3.63) is 84.5 Å². The third-order valence-electron chi connectivity index (χ3n) is 4.31. The first kappa shape index (κ1) is 14.5. The summed E-state index contributed by atoms with van der Waals surface area (Å²) in [6.45, 7) is 0. The Morgan fingerprint density at radius 3 is 2.00 bits per heavy atom. The molecule has 4 nitrogen and oxygen atoms in total.